The van der Waals surface area contributed by atoms with Crippen LogP contribution in [0.3, 0.4) is 0 Å². The molecule has 0 saturated carbocycles. The molecule has 0 spiro atoms. The van der Waals surface area contributed by atoms with E-state index in [1.165, 1.54) is 0 Å². The fraction of sp³-hybridized carbons (Fsp3) is 0.667. The highest BCUT2D eigenvalue weighted by molar-refractivity contribution is 6.73. The summed E-state index contributed by atoms with van der Waals surface area (Å²) in [7, 11) is -1.87. The lowest BCUT2D eigenvalue weighted by molar-refractivity contribution is 0.0270. The third-order valence-corrected chi connectivity index (χ3v) is 10.6. The number of benzene rings is 1. The summed E-state index contributed by atoms with van der Waals surface area (Å²) in [6, 6.07) is 12.4. The number of nitrogens with zero attached hydrogens (tertiary/aromatic N) is 1. The minimum absolute atomic E-state index is 0.139. The Bertz CT molecular complexity index is 725. The molecule has 8 heteroatoms. The third-order valence-electron chi connectivity index (χ3n) is 5.95. The summed E-state index contributed by atoms with van der Waals surface area (Å²) in [5.74, 6) is 0. The molecule has 1 aromatic rings. The molecule has 1 heterocycles. The van der Waals surface area contributed by atoms with Crippen molar-refractivity contribution in [3.05, 3.63) is 35.9 Å². The van der Waals surface area contributed by atoms with Crippen LogP contribution in [0.4, 0.5) is 9.59 Å². The summed E-state index contributed by atoms with van der Waals surface area (Å²) in [4.78, 5) is 26.9. The molecule has 0 radical (unpaired) electrons. The van der Waals surface area contributed by atoms with Crippen LogP contribution in [0.15, 0.2) is 30.3 Å². The van der Waals surface area contributed by atoms with Gasteiger partial charge in [0.05, 0.1) is 12.1 Å². The Balaban J connectivity index is 2.09. The van der Waals surface area contributed by atoms with Crippen LogP contribution in [-0.4, -0.2) is 56.2 Å². The lowest BCUT2D eigenvalue weighted by Gasteiger charge is -2.41. The van der Waals surface area contributed by atoms with Crippen molar-refractivity contribution >= 4 is 20.5 Å². The van der Waals surface area contributed by atoms with E-state index in [2.05, 4.69) is 26.1 Å². The number of hydrogen-bond acceptors (Lipinski definition) is 5. The summed E-state index contributed by atoms with van der Waals surface area (Å²) in [6.07, 6.45) is -0.365. The van der Waals surface area contributed by atoms with Crippen molar-refractivity contribution in [1.29, 1.82) is 0 Å². The van der Waals surface area contributed by atoms with Crippen molar-refractivity contribution in [3.63, 3.8) is 0 Å². The Morgan fingerprint density at radius 2 is 1.69 bits per heavy atom. The van der Waals surface area contributed by atoms with Crippen LogP contribution in [-0.2, 0) is 20.5 Å². The van der Waals surface area contributed by atoms with Crippen LogP contribution < -0.4 is 5.32 Å². The topological polar surface area (TPSA) is 77.1 Å². The van der Waals surface area contributed by atoms with E-state index >= 15 is 0 Å². The monoisotopic (exact) mass is 464 g/mol. The van der Waals surface area contributed by atoms with E-state index in [0.29, 0.717) is 19.5 Å². The first-order valence-electron chi connectivity index (χ1n) is 11.7. The molecule has 1 aromatic carbocycles. The van der Waals surface area contributed by atoms with Gasteiger partial charge in [-0.3, -0.25) is 0 Å². The van der Waals surface area contributed by atoms with Gasteiger partial charge in [-0.05, 0) is 50.9 Å². The Morgan fingerprint density at radius 1 is 1.06 bits per heavy atom. The molecule has 32 heavy (non-hydrogen) atoms. The fourth-order valence-electron chi connectivity index (χ4n) is 4.03. The number of amides is 2. The van der Waals surface area contributed by atoms with Crippen LogP contribution in [0, 0.1) is 0 Å². The van der Waals surface area contributed by atoms with Gasteiger partial charge in [-0.15, -0.1) is 0 Å². The van der Waals surface area contributed by atoms with Crippen molar-refractivity contribution in [2.45, 2.75) is 90.4 Å². The molecule has 180 valence electrons. The van der Waals surface area contributed by atoms with Gasteiger partial charge >= 0.3 is 12.2 Å². The SMILES string of the molecule is CC[Si](CC)(CC)OC1CC(NC(=O)OC(C)(C)C)CN(C(=O)OCc2ccccc2)C1. The number of nitrogens with one attached hydrogen (secondary N) is 1. The van der Waals surface area contributed by atoms with E-state index in [1.807, 2.05) is 51.1 Å². The maximum absolute atomic E-state index is 12.9. The molecule has 1 fully saturated rings. The summed E-state index contributed by atoms with van der Waals surface area (Å²) in [6.45, 7) is 13.1. The second kappa shape index (κ2) is 11.7. The predicted octanol–water partition coefficient (Wildman–Crippen LogP) is 5.31. The molecule has 0 aliphatic carbocycles. The molecule has 1 aliphatic heterocycles. The Hall–Kier alpha value is -2.06. The number of piperidine rings is 1. The average Bonchev–Trinajstić information content (AvgIpc) is 2.75. The summed E-state index contributed by atoms with van der Waals surface area (Å²) < 4.78 is 17.7. The van der Waals surface area contributed by atoms with Gasteiger partial charge in [-0.25, -0.2) is 9.59 Å². The van der Waals surface area contributed by atoms with E-state index in [-0.39, 0.29) is 18.8 Å². The summed E-state index contributed by atoms with van der Waals surface area (Å²) in [5, 5.41) is 2.93. The number of likely N-dealkylation sites (tertiary alicyclic amines) is 1. The molecule has 2 rings (SSSR count). The first-order valence-corrected chi connectivity index (χ1v) is 14.3. The molecule has 7 nitrogen and oxygen atoms in total. The van der Waals surface area contributed by atoms with Gasteiger partial charge in [0.15, 0.2) is 8.32 Å². The molecule has 2 unspecified atom stereocenters. The number of carbonyl (C=O) groups is 2. The zero-order valence-corrected chi connectivity index (χ0v) is 21.5. The Labute approximate surface area is 193 Å². The first kappa shape index (κ1) is 26.2. The highest BCUT2D eigenvalue weighted by atomic mass is 28.4. The minimum Gasteiger partial charge on any atom is -0.445 e. The van der Waals surface area contributed by atoms with Gasteiger partial charge in [0.1, 0.15) is 12.2 Å². The van der Waals surface area contributed by atoms with Gasteiger partial charge in [0.2, 0.25) is 0 Å². The van der Waals surface area contributed by atoms with E-state index in [4.69, 9.17) is 13.9 Å². The number of alkyl carbamates (subject to hydrolysis) is 1. The van der Waals surface area contributed by atoms with E-state index in [9.17, 15) is 9.59 Å². The van der Waals surface area contributed by atoms with Gasteiger partial charge in [0.25, 0.3) is 0 Å². The fourth-order valence-corrected chi connectivity index (χ4v) is 6.91. The van der Waals surface area contributed by atoms with Crippen molar-refractivity contribution in [3.8, 4) is 0 Å². The largest absolute Gasteiger partial charge is 0.445 e. The molecule has 2 amide bonds. The van der Waals surface area contributed by atoms with Crippen LogP contribution in [0.1, 0.15) is 53.5 Å². The van der Waals surface area contributed by atoms with E-state index in [1.54, 1.807) is 4.90 Å². The maximum Gasteiger partial charge on any atom is 0.410 e. The van der Waals surface area contributed by atoms with Crippen LogP contribution >= 0.6 is 0 Å². The highest BCUT2D eigenvalue weighted by Crippen LogP contribution is 2.27. The number of carbonyl (C=O) groups excluding carboxylic acids is 2. The second-order valence-electron chi connectivity index (χ2n) is 9.51. The van der Waals surface area contributed by atoms with Crippen LogP contribution in [0.2, 0.25) is 18.1 Å². The molecule has 1 saturated heterocycles. The number of hydrogen-bond donors (Lipinski definition) is 1. The lowest BCUT2D eigenvalue weighted by Crippen LogP contribution is -2.57. The second-order valence-corrected chi connectivity index (χ2v) is 14.2. The van der Waals surface area contributed by atoms with E-state index in [0.717, 1.165) is 23.7 Å². The molecule has 0 aromatic heterocycles. The normalized spacial score (nSPS) is 19.4. The number of ether oxygens (including phenoxy) is 2. The predicted molar refractivity (Wildman–Crippen MR) is 128 cm³/mol. The van der Waals surface area contributed by atoms with Gasteiger partial charge in [-0.1, -0.05) is 51.1 Å². The summed E-state index contributed by atoms with van der Waals surface area (Å²) in [5.41, 5.74) is 0.348. The smallest absolute Gasteiger partial charge is 0.410 e. The quantitative estimate of drug-likeness (QED) is 0.527. The first-order chi connectivity index (χ1) is 15.1. The lowest BCUT2D eigenvalue weighted by atomic mass is 10.0. The van der Waals surface area contributed by atoms with Crippen molar-refractivity contribution in [2.75, 3.05) is 13.1 Å². The summed E-state index contributed by atoms with van der Waals surface area (Å²) >= 11 is 0. The molecule has 1 N–H and O–H groups in total. The van der Waals surface area contributed by atoms with Crippen molar-refractivity contribution in [1.82, 2.24) is 10.2 Å². The molecule has 0 bridgehead atoms. The van der Waals surface area contributed by atoms with Crippen molar-refractivity contribution < 1.29 is 23.5 Å². The van der Waals surface area contributed by atoms with Gasteiger partial charge in [0, 0.05) is 13.1 Å². The maximum atomic E-state index is 12.9. The minimum atomic E-state index is -1.87. The van der Waals surface area contributed by atoms with Gasteiger partial charge < -0.3 is 24.1 Å². The molecule has 1 aliphatic rings. The van der Waals surface area contributed by atoms with E-state index < -0.39 is 26.1 Å². The van der Waals surface area contributed by atoms with Crippen molar-refractivity contribution in [2.24, 2.45) is 0 Å². The van der Waals surface area contributed by atoms with Crippen LogP contribution in [0.5, 0.6) is 0 Å². The Morgan fingerprint density at radius 3 is 2.25 bits per heavy atom. The highest BCUT2D eigenvalue weighted by Gasteiger charge is 2.38. The standard InChI is InChI=1S/C24H40N2O5Si/c1-7-32(8-2,9-3)31-21-15-20(25-22(27)30-24(4,5)6)16-26(17-21)23(28)29-18-19-13-11-10-12-14-19/h10-14,20-21H,7-9,15-18H2,1-6H3,(H,25,27). The van der Waals surface area contributed by atoms with Gasteiger partial charge in [-0.2, -0.15) is 0 Å². The molecular formula is C24H40N2O5Si. The molecular weight excluding hydrogens is 424 g/mol. The average molecular weight is 465 g/mol. The van der Waals surface area contributed by atoms with Crippen LogP contribution in [0.25, 0.3) is 0 Å². The zero-order chi connectivity index (χ0) is 23.8. The molecule has 2 atom stereocenters. The third kappa shape index (κ3) is 8.13. The zero-order valence-electron chi connectivity index (χ0n) is 20.5. The number of rotatable bonds is 8. The Kier molecular flexibility index (Phi) is 9.58.